The van der Waals surface area contributed by atoms with Crippen LogP contribution in [0.3, 0.4) is 0 Å². The maximum absolute atomic E-state index is 11.8. The van der Waals surface area contributed by atoms with Crippen LogP contribution in [-0.4, -0.2) is 12.5 Å². The van der Waals surface area contributed by atoms with Crippen molar-refractivity contribution in [1.29, 1.82) is 0 Å². The first-order valence-corrected chi connectivity index (χ1v) is 6.89. The van der Waals surface area contributed by atoms with Gasteiger partial charge in [-0.3, -0.25) is 4.79 Å². The van der Waals surface area contributed by atoms with E-state index in [4.69, 9.17) is 0 Å². The summed E-state index contributed by atoms with van der Waals surface area (Å²) in [6.07, 6.45) is 2.12. The highest BCUT2D eigenvalue weighted by atomic mass is 16.1. The Kier molecular flexibility index (Phi) is 6.81. The summed E-state index contributed by atoms with van der Waals surface area (Å²) >= 11 is 0. The Morgan fingerprint density at radius 3 is 2.06 bits per heavy atom. The first kappa shape index (κ1) is 16.5. The quantitative estimate of drug-likeness (QED) is 0.751. The Labute approximate surface area is 108 Å². The highest BCUT2D eigenvalue weighted by molar-refractivity contribution is 5.78. The first-order valence-electron chi connectivity index (χ1n) is 6.89. The SMILES string of the molecule is CC(C)CC(C)C(=O)NCC(C)CC(C)(C)C. The van der Waals surface area contributed by atoms with Gasteiger partial charge in [-0.2, -0.15) is 0 Å². The minimum absolute atomic E-state index is 0.136. The zero-order chi connectivity index (χ0) is 13.6. The number of carbonyl (C=O) groups excluding carboxylic acids is 1. The van der Waals surface area contributed by atoms with Crippen molar-refractivity contribution in [3.05, 3.63) is 0 Å². The van der Waals surface area contributed by atoms with E-state index in [1.807, 2.05) is 6.92 Å². The van der Waals surface area contributed by atoms with Crippen LogP contribution in [-0.2, 0) is 4.79 Å². The second kappa shape index (κ2) is 7.03. The normalized spacial score (nSPS) is 15.8. The van der Waals surface area contributed by atoms with Crippen LogP contribution in [0.4, 0.5) is 0 Å². The van der Waals surface area contributed by atoms with E-state index in [9.17, 15) is 4.79 Å². The average molecular weight is 241 g/mol. The molecule has 0 heterocycles. The molecule has 2 heteroatoms. The van der Waals surface area contributed by atoms with Crippen molar-refractivity contribution in [1.82, 2.24) is 5.32 Å². The second-order valence-corrected chi connectivity index (χ2v) is 7.15. The summed E-state index contributed by atoms with van der Waals surface area (Å²) in [5, 5.41) is 3.07. The van der Waals surface area contributed by atoms with Gasteiger partial charge in [-0.25, -0.2) is 0 Å². The van der Waals surface area contributed by atoms with Gasteiger partial charge in [0, 0.05) is 12.5 Å². The molecule has 17 heavy (non-hydrogen) atoms. The summed E-state index contributed by atoms with van der Waals surface area (Å²) in [6, 6.07) is 0. The zero-order valence-corrected chi connectivity index (χ0v) is 12.8. The van der Waals surface area contributed by atoms with Crippen molar-refractivity contribution in [3.8, 4) is 0 Å². The molecule has 0 radical (unpaired) electrons. The lowest BCUT2D eigenvalue weighted by atomic mass is 9.85. The van der Waals surface area contributed by atoms with E-state index in [-0.39, 0.29) is 11.8 Å². The molecule has 0 saturated carbocycles. The van der Waals surface area contributed by atoms with Crippen molar-refractivity contribution in [2.24, 2.45) is 23.2 Å². The Hall–Kier alpha value is -0.530. The molecule has 1 N–H and O–H groups in total. The van der Waals surface area contributed by atoms with Crippen LogP contribution >= 0.6 is 0 Å². The van der Waals surface area contributed by atoms with Gasteiger partial charge in [0.25, 0.3) is 0 Å². The molecule has 0 aromatic heterocycles. The maximum Gasteiger partial charge on any atom is 0.222 e. The molecular weight excluding hydrogens is 210 g/mol. The van der Waals surface area contributed by atoms with Gasteiger partial charge in [0.15, 0.2) is 0 Å². The molecule has 0 aliphatic rings. The molecule has 0 bridgehead atoms. The first-order chi connectivity index (χ1) is 7.61. The molecule has 0 aliphatic carbocycles. The molecule has 0 aliphatic heterocycles. The van der Waals surface area contributed by atoms with E-state index in [1.165, 1.54) is 0 Å². The summed E-state index contributed by atoms with van der Waals surface area (Å²) in [6.45, 7) is 16.1. The van der Waals surface area contributed by atoms with Crippen LogP contribution in [0.2, 0.25) is 0 Å². The lowest BCUT2D eigenvalue weighted by Gasteiger charge is -2.24. The number of carbonyl (C=O) groups is 1. The molecule has 0 spiro atoms. The minimum Gasteiger partial charge on any atom is -0.356 e. The van der Waals surface area contributed by atoms with E-state index in [2.05, 4.69) is 46.9 Å². The highest BCUT2D eigenvalue weighted by Crippen LogP contribution is 2.23. The molecular formula is C15H31NO. The largest absolute Gasteiger partial charge is 0.356 e. The average Bonchev–Trinajstić information content (AvgIpc) is 2.10. The van der Waals surface area contributed by atoms with Crippen LogP contribution in [0.5, 0.6) is 0 Å². The van der Waals surface area contributed by atoms with Crippen molar-refractivity contribution in [2.45, 2.75) is 61.3 Å². The van der Waals surface area contributed by atoms with E-state index in [0.29, 0.717) is 17.3 Å². The van der Waals surface area contributed by atoms with Crippen LogP contribution in [0, 0.1) is 23.2 Å². The third-order valence-corrected chi connectivity index (χ3v) is 2.86. The molecule has 102 valence electrons. The minimum atomic E-state index is 0.136. The smallest absolute Gasteiger partial charge is 0.222 e. The van der Waals surface area contributed by atoms with Gasteiger partial charge in [-0.1, -0.05) is 48.5 Å². The van der Waals surface area contributed by atoms with E-state index < -0.39 is 0 Å². The lowest BCUT2D eigenvalue weighted by molar-refractivity contribution is -0.125. The zero-order valence-electron chi connectivity index (χ0n) is 12.8. The summed E-state index contributed by atoms with van der Waals surface area (Å²) in [7, 11) is 0. The standard InChI is InChI=1S/C15H31NO/c1-11(2)8-13(4)14(17)16-10-12(3)9-15(5,6)7/h11-13H,8-10H2,1-7H3,(H,16,17). The van der Waals surface area contributed by atoms with Gasteiger partial charge in [-0.05, 0) is 30.1 Å². The van der Waals surface area contributed by atoms with Crippen LogP contribution in [0.25, 0.3) is 0 Å². The van der Waals surface area contributed by atoms with Gasteiger partial charge in [0.2, 0.25) is 5.91 Å². The number of amides is 1. The number of rotatable bonds is 6. The number of nitrogens with one attached hydrogen (secondary N) is 1. The fourth-order valence-electron chi connectivity index (χ4n) is 2.38. The maximum atomic E-state index is 11.8. The van der Waals surface area contributed by atoms with Gasteiger partial charge in [0.05, 0.1) is 0 Å². The third-order valence-electron chi connectivity index (χ3n) is 2.86. The summed E-state index contributed by atoms with van der Waals surface area (Å²) in [5.41, 5.74) is 0.341. The Bertz CT molecular complexity index is 228. The van der Waals surface area contributed by atoms with E-state index in [1.54, 1.807) is 0 Å². The lowest BCUT2D eigenvalue weighted by Crippen LogP contribution is -2.34. The van der Waals surface area contributed by atoms with Crippen LogP contribution in [0.15, 0.2) is 0 Å². The van der Waals surface area contributed by atoms with Crippen molar-refractivity contribution < 1.29 is 4.79 Å². The molecule has 0 saturated heterocycles. The second-order valence-electron chi connectivity index (χ2n) is 7.15. The van der Waals surface area contributed by atoms with Crippen LogP contribution < -0.4 is 5.32 Å². The van der Waals surface area contributed by atoms with Gasteiger partial charge in [0.1, 0.15) is 0 Å². The fraction of sp³-hybridized carbons (Fsp3) is 0.933. The van der Waals surface area contributed by atoms with E-state index in [0.717, 1.165) is 19.4 Å². The Morgan fingerprint density at radius 1 is 1.12 bits per heavy atom. The summed E-state index contributed by atoms with van der Waals surface area (Å²) < 4.78 is 0. The Balaban J connectivity index is 3.91. The third kappa shape index (κ3) is 9.20. The molecule has 0 fully saturated rings. The topological polar surface area (TPSA) is 29.1 Å². The van der Waals surface area contributed by atoms with Crippen molar-refractivity contribution in [2.75, 3.05) is 6.54 Å². The molecule has 1 amide bonds. The monoisotopic (exact) mass is 241 g/mol. The van der Waals surface area contributed by atoms with Gasteiger partial charge < -0.3 is 5.32 Å². The fourth-order valence-corrected chi connectivity index (χ4v) is 2.38. The molecule has 2 nitrogen and oxygen atoms in total. The van der Waals surface area contributed by atoms with Crippen molar-refractivity contribution in [3.63, 3.8) is 0 Å². The predicted octanol–water partition coefficient (Wildman–Crippen LogP) is 3.86. The van der Waals surface area contributed by atoms with Crippen molar-refractivity contribution >= 4 is 5.91 Å². The predicted molar refractivity (Wildman–Crippen MR) is 74.9 cm³/mol. The molecule has 0 aromatic rings. The number of hydrogen-bond acceptors (Lipinski definition) is 1. The molecule has 0 rings (SSSR count). The number of hydrogen-bond donors (Lipinski definition) is 1. The van der Waals surface area contributed by atoms with Gasteiger partial charge in [-0.15, -0.1) is 0 Å². The highest BCUT2D eigenvalue weighted by Gasteiger charge is 2.18. The molecule has 2 unspecified atom stereocenters. The Morgan fingerprint density at radius 2 is 1.65 bits per heavy atom. The molecule has 0 aromatic carbocycles. The molecule has 2 atom stereocenters. The van der Waals surface area contributed by atoms with Crippen LogP contribution in [0.1, 0.15) is 61.3 Å². The van der Waals surface area contributed by atoms with E-state index >= 15 is 0 Å². The summed E-state index contributed by atoms with van der Waals surface area (Å²) in [4.78, 5) is 11.8. The van der Waals surface area contributed by atoms with Gasteiger partial charge >= 0.3 is 0 Å². The summed E-state index contributed by atoms with van der Waals surface area (Å²) in [5.74, 6) is 1.48.